The van der Waals surface area contributed by atoms with Crippen molar-refractivity contribution >= 4 is 17.5 Å². The number of aryl methyl sites for hydroxylation is 2. The molecule has 1 aromatic carbocycles. The molecular formula is C18H29N3O2. The van der Waals surface area contributed by atoms with Gasteiger partial charge in [-0.1, -0.05) is 6.07 Å². The summed E-state index contributed by atoms with van der Waals surface area (Å²) in [6.07, 6.45) is 1.24. The molecule has 0 fully saturated rings. The molecule has 0 spiro atoms. The highest BCUT2D eigenvalue weighted by Crippen LogP contribution is 2.19. The zero-order valence-electron chi connectivity index (χ0n) is 15.0. The van der Waals surface area contributed by atoms with Crippen LogP contribution in [0.15, 0.2) is 18.2 Å². The lowest BCUT2D eigenvalue weighted by Gasteiger charge is -2.22. The first kappa shape index (κ1) is 19.2. The normalized spacial score (nSPS) is 10.7. The minimum absolute atomic E-state index is 0.0150. The van der Waals surface area contributed by atoms with Crippen molar-refractivity contribution in [2.24, 2.45) is 0 Å². The molecule has 0 aliphatic heterocycles. The number of benzene rings is 1. The quantitative estimate of drug-likeness (QED) is 0.747. The van der Waals surface area contributed by atoms with Crippen molar-refractivity contribution in [1.82, 2.24) is 10.2 Å². The lowest BCUT2D eigenvalue weighted by atomic mass is 10.1. The van der Waals surface area contributed by atoms with Crippen LogP contribution in [0.1, 0.15) is 30.9 Å². The molecule has 5 heteroatoms. The third-order valence-corrected chi connectivity index (χ3v) is 3.85. The first-order valence-electron chi connectivity index (χ1n) is 8.08. The fraction of sp³-hybridized carbons (Fsp3) is 0.556. The molecule has 0 unspecified atom stereocenters. The summed E-state index contributed by atoms with van der Waals surface area (Å²) in [5.41, 5.74) is 3.18. The second-order valence-electron chi connectivity index (χ2n) is 6.20. The van der Waals surface area contributed by atoms with Crippen LogP contribution in [0.2, 0.25) is 0 Å². The molecule has 0 atom stereocenters. The van der Waals surface area contributed by atoms with E-state index in [1.165, 1.54) is 12.5 Å². The Balaban J connectivity index is 2.52. The monoisotopic (exact) mass is 319 g/mol. The highest BCUT2D eigenvalue weighted by atomic mass is 16.2. The predicted octanol–water partition coefficient (Wildman–Crippen LogP) is 2.11. The average molecular weight is 319 g/mol. The average Bonchev–Trinajstić information content (AvgIpc) is 2.47. The molecule has 5 nitrogen and oxygen atoms in total. The minimum atomic E-state index is -0.0475. The van der Waals surface area contributed by atoms with Crippen LogP contribution in [-0.2, 0) is 9.59 Å². The molecule has 2 amide bonds. The zero-order valence-corrected chi connectivity index (χ0v) is 15.0. The van der Waals surface area contributed by atoms with Crippen LogP contribution < -0.4 is 10.2 Å². The van der Waals surface area contributed by atoms with Gasteiger partial charge >= 0.3 is 0 Å². The number of amides is 2. The molecule has 0 aliphatic carbocycles. The highest BCUT2D eigenvalue weighted by Gasteiger charge is 2.13. The van der Waals surface area contributed by atoms with Gasteiger partial charge in [-0.3, -0.25) is 9.59 Å². The summed E-state index contributed by atoms with van der Waals surface area (Å²) in [5.74, 6) is -0.0625. The molecule has 0 heterocycles. The number of hydrogen-bond acceptors (Lipinski definition) is 3. The molecule has 0 bridgehead atoms. The standard InChI is InChI=1S/C18H29N3O2/c1-14-7-8-17(13-15(14)2)21(16(3)22)12-9-18(23)19-10-6-11-20(4)5/h7-8,13H,6,9-12H2,1-5H3,(H,19,23). The molecule has 0 saturated heterocycles. The van der Waals surface area contributed by atoms with Gasteiger partial charge in [0.1, 0.15) is 0 Å². The number of anilines is 1. The van der Waals surface area contributed by atoms with Crippen LogP contribution in [-0.4, -0.2) is 50.4 Å². The van der Waals surface area contributed by atoms with E-state index in [9.17, 15) is 9.59 Å². The van der Waals surface area contributed by atoms with Gasteiger partial charge in [0.15, 0.2) is 0 Å². The molecule has 0 radical (unpaired) electrons. The van der Waals surface area contributed by atoms with Crippen LogP contribution in [0.3, 0.4) is 0 Å². The van der Waals surface area contributed by atoms with Gasteiger partial charge in [-0.15, -0.1) is 0 Å². The van der Waals surface area contributed by atoms with Gasteiger partial charge < -0.3 is 15.1 Å². The van der Waals surface area contributed by atoms with Crippen LogP contribution in [0.4, 0.5) is 5.69 Å². The summed E-state index contributed by atoms with van der Waals surface area (Å²) in [7, 11) is 4.02. The summed E-state index contributed by atoms with van der Waals surface area (Å²) in [5, 5.41) is 2.90. The predicted molar refractivity (Wildman–Crippen MR) is 94.7 cm³/mol. The van der Waals surface area contributed by atoms with Crippen molar-refractivity contribution in [3.8, 4) is 0 Å². The van der Waals surface area contributed by atoms with E-state index in [1.54, 1.807) is 4.90 Å². The van der Waals surface area contributed by atoms with Crippen molar-refractivity contribution in [3.05, 3.63) is 29.3 Å². The van der Waals surface area contributed by atoms with Gasteiger partial charge in [0.25, 0.3) is 0 Å². The molecular weight excluding hydrogens is 290 g/mol. The smallest absolute Gasteiger partial charge is 0.223 e. The van der Waals surface area contributed by atoms with Gasteiger partial charge in [0.05, 0.1) is 0 Å². The van der Waals surface area contributed by atoms with Gasteiger partial charge in [0.2, 0.25) is 11.8 Å². The van der Waals surface area contributed by atoms with Gasteiger partial charge in [-0.25, -0.2) is 0 Å². The number of carbonyl (C=O) groups is 2. The zero-order chi connectivity index (χ0) is 17.4. The van der Waals surface area contributed by atoms with Crippen molar-refractivity contribution in [2.75, 3.05) is 38.6 Å². The van der Waals surface area contributed by atoms with Gasteiger partial charge in [-0.05, 0) is 64.2 Å². The van der Waals surface area contributed by atoms with Crippen molar-refractivity contribution in [1.29, 1.82) is 0 Å². The molecule has 1 aromatic rings. The Morgan fingerprint density at radius 3 is 2.35 bits per heavy atom. The van der Waals surface area contributed by atoms with Gasteiger partial charge in [-0.2, -0.15) is 0 Å². The highest BCUT2D eigenvalue weighted by molar-refractivity contribution is 5.92. The van der Waals surface area contributed by atoms with E-state index >= 15 is 0 Å². The van der Waals surface area contributed by atoms with Crippen molar-refractivity contribution in [2.45, 2.75) is 33.6 Å². The topological polar surface area (TPSA) is 52.7 Å². The van der Waals surface area contributed by atoms with E-state index in [4.69, 9.17) is 0 Å². The van der Waals surface area contributed by atoms with Crippen LogP contribution in [0.25, 0.3) is 0 Å². The SMILES string of the molecule is CC(=O)N(CCC(=O)NCCCN(C)C)c1ccc(C)c(C)c1. The van der Waals surface area contributed by atoms with Crippen LogP contribution >= 0.6 is 0 Å². The summed E-state index contributed by atoms with van der Waals surface area (Å²) < 4.78 is 0. The summed E-state index contributed by atoms with van der Waals surface area (Å²) in [6.45, 7) is 7.61. The largest absolute Gasteiger partial charge is 0.356 e. The summed E-state index contributed by atoms with van der Waals surface area (Å²) >= 11 is 0. The molecule has 128 valence electrons. The van der Waals surface area contributed by atoms with Crippen molar-refractivity contribution in [3.63, 3.8) is 0 Å². The minimum Gasteiger partial charge on any atom is -0.356 e. The fourth-order valence-corrected chi connectivity index (χ4v) is 2.29. The Morgan fingerprint density at radius 2 is 1.78 bits per heavy atom. The van der Waals surface area contributed by atoms with E-state index in [0.29, 0.717) is 19.5 Å². The Bertz CT molecular complexity index is 541. The summed E-state index contributed by atoms with van der Waals surface area (Å²) in [4.78, 5) is 27.5. The molecule has 1 rings (SSSR count). The maximum absolute atomic E-state index is 11.9. The molecule has 1 N–H and O–H groups in total. The Kier molecular flexibility index (Phi) is 7.75. The van der Waals surface area contributed by atoms with E-state index in [1.807, 2.05) is 46.1 Å². The third-order valence-electron chi connectivity index (χ3n) is 3.85. The number of carbonyl (C=O) groups excluding carboxylic acids is 2. The Labute approximate surface area is 139 Å². The molecule has 0 saturated carbocycles. The van der Waals surface area contributed by atoms with E-state index in [2.05, 4.69) is 10.2 Å². The lowest BCUT2D eigenvalue weighted by molar-refractivity contribution is -0.121. The van der Waals surface area contributed by atoms with E-state index in [-0.39, 0.29) is 11.8 Å². The molecule has 0 aromatic heterocycles. The van der Waals surface area contributed by atoms with Crippen LogP contribution in [0, 0.1) is 13.8 Å². The number of hydrogen-bond donors (Lipinski definition) is 1. The molecule has 0 aliphatic rings. The lowest BCUT2D eigenvalue weighted by Crippen LogP contribution is -2.34. The number of nitrogens with zero attached hydrogens (tertiary/aromatic N) is 2. The second-order valence-corrected chi connectivity index (χ2v) is 6.20. The van der Waals surface area contributed by atoms with E-state index in [0.717, 1.165) is 24.2 Å². The fourth-order valence-electron chi connectivity index (χ4n) is 2.29. The first-order valence-corrected chi connectivity index (χ1v) is 8.08. The summed E-state index contributed by atoms with van der Waals surface area (Å²) in [6, 6.07) is 5.92. The molecule has 23 heavy (non-hydrogen) atoms. The first-order chi connectivity index (χ1) is 10.8. The number of nitrogens with one attached hydrogen (secondary N) is 1. The van der Waals surface area contributed by atoms with Gasteiger partial charge in [0, 0.05) is 32.1 Å². The Hall–Kier alpha value is -1.88. The van der Waals surface area contributed by atoms with Crippen LogP contribution in [0.5, 0.6) is 0 Å². The third kappa shape index (κ3) is 6.82. The maximum atomic E-state index is 11.9. The maximum Gasteiger partial charge on any atom is 0.223 e. The Morgan fingerprint density at radius 1 is 1.09 bits per heavy atom. The second kappa shape index (κ2) is 9.30. The number of rotatable bonds is 8. The van der Waals surface area contributed by atoms with Crippen molar-refractivity contribution < 1.29 is 9.59 Å². The van der Waals surface area contributed by atoms with E-state index < -0.39 is 0 Å².